The Balaban J connectivity index is 1.55. The van der Waals surface area contributed by atoms with Gasteiger partial charge in [0.2, 0.25) is 0 Å². The fourth-order valence-electron chi connectivity index (χ4n) is 3.86. The van der Waals surface area contributed by atoms with Crippen LogP contribution >= 0.6 is 0 Å². The number of carbonyl (C=O) groups excluding carboxylic acids is 1. The molecule has 0 aliphatic rings. The molecular formula is C27H20F2N4O. The molecule has 0 radical (unpaired) electrons. The maximum atomic E-state index is 14.4. The highest BCUT2D eigenvalue weighted by atomic mass is 19.2. The Hall–Kier alpha value is -4.39. The van der Waals surface area contributed by atoms with E-state index in [1.807, 2.05) is 44.2 Å². The molecule has 5 nitrogen and oxygen atoms in total. The van der Waals surface area contributed by atoms with E-state index in [-0.39, 0.29) is 11.5 Å². The van der Waals surface area contributed by atoms with E-state index in [9.17, 15) is 13.6 Å². The summed E-state index contributed by atoms with van der Waals surface area (Å²) in [5.74, 6) is -2.10. The Morgan fingerprint density at radius 3 is 2.47 bits per heavy atom. The van der Waals surface area contributed by atoms with Crippen molar-refractivity contribution in [3.63, 3.8) is 0 Å². The molecule has 0 saturated carbocycles. The van der Waals surface area contributed by atoms with E-state index in [0.29, 0.717) is 33.8 Å². The van der Waals surface area contributed by atoms with Gasteiger partial charge in [0.25, 0.3) is 5.91 Å². The number of rotatable bonds is 4. The zero-order chi connectivity index (χ0) is 23.8. The Labute approximate surface area is 194 Å². The lowest BCUT2D eigenvalue weighted by Gasteiger charge is -2.11. The molecule has 0 aliphatic carbocycles. The van der Waals surface area contributed by atoms with E-state index in [0.717, 1.165) is 17.2 Å². The molecule has 0 bridgehead atoms. The number of aryl methyl sites for hydroxylation is 2. The molecule has 5 aromatic rings. The van der Waals surface area contributed by atoms with E-state index in [4.69, 9.17) is 0 Å². The summed E-state index contributed by atoms with van der Waals surface area (Å²) in [5, 5.41) is 2.91. The number of imidazole rings is 1. The zero-order valence-electron chi connectivity index (χ0n) is 18.5. The molecule has 0 unspecified atom stereocenters. The largest absolute Gasteiger partial charge is 0.322 e. The lowest BCUT2D eigenvalue weighted by Crippen LogP contribution is -2.14. The van der Waals surface area contributed by atoms with Gasteiger partial charge in [-0.3, -0.25) is 14.2 Å². The van der Waals surface area contributed by atoms with Crippen molar-refractivity contribution in [3.8, 4) is 22.5 Å². The second-order valence-electron chi connectivity index (χ2n) is 8.06. The predicted octanol–water partition coefficient (Wildman–Crippen LogP) is 6.21. The minimum atomic E-state index is -0.932. The molecule has 168 valence electrons. The molecule has 2 aromatic carbocycles. The number of halogens is 2. The van der Waals surface area contributed by atoms with Gasteiger partial charge in [-0.15, -0.1) is 0 Å². The Morgan fingerprint density at radius 1 is 0.912 bits per heavy atom. The fourth-order valence-corrected chi connectivity index (χ4v) is 3.86. The number of amides is 1. The van der Waals surface area contributed by atoms with E-state index in [1.54, 1.807) is 28.9 Å². The van der Waals surface area contributed by atoms with Crippen LogP contribution in [-0.2, 0) is 0 Å². The van der Waals surface area contributed by atoms with Crippen molar-refractivity contribution in [1.82, 2.24) is 14.4 Å². The van der Waals surface area contributed by atoms with Crippen molar-refractivity contribution < 1.29 is 13.6 Å². The third-order valence-corrected chi connectivity index (χ3v) is 5.70. The standard InChI is InChI=1S/C27H20F2N4O/c1-16-8-10-18(11-9-16)32-27(34)21-13-23(30-14-17(21)2)19-6-4-12-33-24(15-31-26(19)33)20-5-3-7-22(28)25(20)29/h3-15H,1-2H3,(H,32,34). The Morgan fingerprint density at radius 2 is 1.68 bits per heavy atom. The molecular weight excluding hydrogens is 434 g/mol. The van der Waals surface area contributed by atoms with Crippen LogP contribution in [0.3, 0.4) is 0 Å². The summed E-state index contributed by atoms with van der Waals surface area (Å²) in [6, 6.07) is 16.9. The Kier molecular flexibility index (Phi) is 5.37. The first kappa shape index (κ1) is 21.5. The average molecular weight is 454 g/mol. The summed E-state index contributed by atoms with van der Waals surface area (Å²) in [5.41, 5.74) is 5.26. The smallest absolute Gasteiger partial charge is 0.256 e. The average Bonchev–Trinajstić information content (AvgIpc) is 3.27. The number of hydrogen-bond acceptors (Lipinski definition) is 3. The fraction of sp³-hybridized carbons (Fsp3) is 0.0741. The summed E-state index contributed by atoms with van der Waals surface area (Å²) < 4.78 is 29.9. The van der Waals surface area contributed by atoms with E-state index in [2.05, 4.69) is 15.3 Å². The zero-order valence-corrected chi connectivity index (χ0v) is 18.5. The summed E-state index contributed by atoms with van der Waals surface area (Å²) >= 11 is 0. The van der Waals surface area contributed by atoms with Gasteiger partial charge in [-0.1, -0.05) is 23.8 Å². The van der Waals surface area contributed by atoms with Crippen LogP contribution in [0.2, 0.25) is 0 Å². The molecule has 5 rings (SSSR count). The van der Waals surface area contributed by atoms with Crippen LogP contribution in [0, 0.1) is 25.5 Å². The molecule has 7 heteroatoms. The lowest BCUT2D eigenvalue weighted by atomic mass is 10.1. The maximum Gasteiger partial charge on any atom is 0.256 e. The number of pyridine rings is 2. The SMILES string of the molecule is Cc1ccc(NC(=O)c2cc(-c3cccn4c(-c5cccc(F)c5F)cnc34)ncc2C)cc1. The number of hydrogen-bond donors (Lipinski definition) is 1. The van der Waals surface area contributed by atoms with Gasteiger partial charge in [-0.25, -0.2) is 13.8 Å². The topological polar surface area (TPSA) is 59.3 Å². The second kappa shape index (κ2) is 8.51. The van der Waals surface area contributed by atoms with Gasteiger partial charge >= 0.3 is 0 Å². The third-order valence-electron chi connectivity index (χ3n) is 5.70. The van der Waals surface area contributed by atoms with Gasteiger partial charge in [0, 0.05) is 34.8 Å². The number of nitrogens with one attached hydrogen (secondary N) is 1. The summed E-state index contributed by atoms with van der Waals surface area (Å²) in [4.78, 5) is 21.9. The lowest BCUT2D eigenvalue weighted by molar-refractivity contribution is 0.102. The van der Waals surface area contributed by atoms with Gasteiger partial charge < -0.3 is 5.32 Å². The van der Waals surface area contributed by atoms with Crippen molar-refractivity contribution in [3.05, 3.63) is 108 Å². The van der Waals surface area contributed by atoms with Crippen molar-refractivity contribution in [2.24, 2.45) is 0 Å². The van der Waals surface area contributed by atoms with Crippen LogP contribution < -0.4 is 5.32 Å². The monoisotopic (exact) mass is 454 g/mol. The van der Waals surface area contributed by atoms with Crippen molar-refractivity contribution in [2.75, 3.05) is 5.32 Å². The summed E-state index contributed by atoms with van der Waals surface area (Å²) in [7, 11) is 0. The van der Waals surface area contributed by atoms with E-state index < -0.39 is 11.6 Å². The van der Waals surface area contributed by atoms with Gasteiger partial charge in [0.05, 0.1) is 17.6 Å². The highest BCUT2D eigenvalue weighted by Gasteiger charge is 2.18. The second-order valence-corrected chi connectivity index (χ2v) is 8.06. The third kappa shape index (κ3) is 3.81. The first-order chi connectivity index (χ1) is 16.4. The summed E-state index contributed by atoms with van der Waals surface area (Å²) in [6.07, 6.45) is 4.86. The summed E-state index contributed by atoms with van der Waals surface area (Å²) in [6.45, 7) is 3.80. The first-order valence-electron chi connectivity index (χ1n) is 10.7. The number of carbonyl (C=O) groups is 1. The molecule has 3 aromatic heterocycles. The number of anilines is 1. The van der Waals surface area contributed by atoms with Gasteiger partial charge in [0.1, 0.15) is 5.65 Å². The van der Waals surface area contributed by atoms with Crippen LogP contribution in [0.5, 0.6) is 0 Å². The molecule has 0 atom stereocenters. The molecule has 3 heterocycles. The predicted molar refractivity (Wildman–Crippen MR) is 128 cm³/mol. The molecule has 1 N–H and O–H groups in total. The molecule has 0 aliphatic heterocycles. The minimum absolute atomic E-state index is 0.111. The minimum Gasteiger partial charge on any atom is -0.322 e. The maximum absolute atomic E-state index is 14.4. The molecule has 1 amide bonds. The van der Waals surface area contributed by atoms with Crippen LogP contribution in [0.25, 0.3) is 28.2 Å². The number of fused-ring (bicyclic) bond motifs is 1. The van der Waals surface area contributed by atoms with Crippen LogP contribution in [0.1, 0.15) is 21.5 Å². The Bertz CT molecular complexity index is 1540. The van der Waals surface area contributed by atoms with E-state index in [1.165, 1.54) is 18.3 Å². The number of benzene rings is 2. The number of nitrogens with zero attached hydrogens (tertiary/aromatic N) is 3. The van der Waals surface area contributed by atoms with Crippen LogP contribution in [0.15, 0.2) is 79.3 Å². The number of aromatic nitrogens is 3. The van der Waals surface area contributed by atoms with Gasteiger partial charge in [-0.05, 0) is 61.9 Å². The van der Waals surface area contributed by atoms with E-state index >= 15 is 0 Å². The first-order valence-corrected chi connectivity index (χ1v) is 10.7. The highest BCUT2D eigenvalue weighted by Crippen LogP contribution is 2.30. The van der Waals surface area contributed by atoms with Gasteiger partial charge in [0.15, 0.2) is 11.6 Å². The molecule has 0 saturated heterocycles. The quantitative estimate of drug-likeness (QED) is 0.351. The van der Waals surface area contributed by atoms with Crippen molar-refractivity contribution in [1.29, 1.82) is 0 Å². The van der Waals surface area contributed by atoms with Crippen molar-refractivity contribution >= 4 is 17.2 Å². The van der Waals surface area contributed by atoms with Gasteiger partial charge in [-0.2, -0.15) is 0 Å². The van der Waals surface area contributed by atoms with Crippen molar-refractivity contribution in [2.45, 2.75) is 13.8 Å². The normalized spacial score (nSPS) is 11.1. The van der Waals surface area contributed by atoms with Crippen LogP contribution in [0.4, 0.5) is 14.5 Å². The van der Waals surface area contributed by atoms with Crippen LogP contribution in [-0.4, -0.2) is 20.3 Å². The molecule has 34 heavy (non-hydrogen) atoms. The highest BCUT2D eigenvalue weighted by molar-refractivity contribution is 6.06. The molecule has 0 fully saturated rings. The molecule has 0 spiro atoms.